The molecule has 96 valence electrons. The van der Waals surface area contributed by atoms with Crippen molar-refractivity contribution in [2.45, 2.75) is 32.7 Å². The van der Waals surface area contributed by atoms with Gasteiger partial charge in [0.25, 0.3) is 0 Å². The lowest BCUT2D eigenvalue weighted by molar-refractivity contribution is -0.122. The molecule has 6 nitrogen and oxygen atoms in total. The van der Waals surface area contributed by atoms with Crippen LogP contribution in [0.1, 0.15) is 38.6 Å². The van der Waals surface area contributed by atoms with Gasteiger partial charge in [-0.1, -0.05) is 13.8 Å². The van der Waals surface area contributed by atoms with Crippen molar-refractivity contribution in [3.63, 3.8) is 0 Å². The van der Waals surface area contributed by atoms with Crippen LogP contribution >= 0.6 is 0 Å². The van der Waals surface area contributed by atoms with Crippen LogP contribution in [0, 0.1) is 5.92 Å². The van der Waals surface area contributed by atoms with Gasteiger partial charge < -0.3 is 10.4 Å². The number of aromatic nitrogens is 3. The predicted octanol–water partition coefficient (Wildman–Crippen LogP) is 0.401. The lowest BCUT2D eigenvalue weighted by Crippen LogP contribution is -2.31. The highest BCUT2D eigenvalue weighted by Gasteiger charge is 2.19. The molecule has 0 aliphatic carbocycles. The highest BCUT2D eigenvalue weighted by molar-refractivity contribution is 5.76. The second-order valence-corrected chi connectivity index (χ2v) is 4.47. The maximum atomic E-state index is 11.5. The Hall–Kier alpha value is -1.43. The minimum Gasteiger partial charge on any atom is -0.396 e. The van der Waals surface area contributed by atoms with Crippen LogP contribution in [0.15, 0.2) is 6.33 Å². The standard InChI is InChI=1S/C11H20N4O2/c1-8(2)6-9(14-10(17)4-5-16)11-12-7-13-15(11)3/h7-9,16H,4-6H2,1-3H3,(H,14,17)/t9-/m1/s1. The van der Waals surface area contributed by atoms with Gasteiger partial charge in [-0.15, -0.1) is 0 Å². The summed E-state index contributed by atoms with van der Waals surface area (Å²) in [6, 6.07) is -0.151. The number of hydrogen-bond acceptors (Lipinski definition) is 4. The minimum atomic E-state index is -0.166. The van der Waals surface area contributed by atoms with Crippen molar-refractivity contribution in [2.24, 2.45) is 13.0 Å². The number of carbonyl (C=O) groups is 1. The monoisotopic (exact) mass is 240 g/mol. The van der Waals surface area contributed by atoms with Gasteiger partial charge in [0, 0.05) is 13.5 Å². The van der Waals surface area contributed by atoms with Crippen LogP contribution in [0.5, 0.6) is 0 Å². The molecule has 0 aliphatic rings. The van der Waals surface area contributed by atoms with Crippen molar-refractivity contribution >= 4 is 5.91 Å². The number of aliphatic hydroxyl groups is 1. The van der Waals surface area contributed by atoms with Crippen LogP contribution in [0.4, 0.5) is 0 Å². The molecule has 1 atom stereocenters. The van der Waals surface area contributed by atoms with Crippen LogP contribution in [0.2, 0.25) is 0 Å². The maximum Gasteiger partial charge on any atom is 0.222 e. The Balaban J connectivity index is 2.74. The number of carbonyl (C=O) groups excluding carboxylic acids is 1. The Morgan fingerprint density at radius 3 is 2.76 bits per heavy atom. The third kappa shape index (κ3) is 4.14. The molecule has 0 saturated heterocycles. The maximum absolute atomic E-state index is 11.5. The first kappa shape index (κ1) is 13.6. The molecule has 0 spiro atoms. The Bertz CT molecular complexity index is 362. The molecule has 0 fully saturated rings. The van der Waals surface area contributed by atoms with Crippen molar-refractivity contribution in [1.82, 2.24) is 20.1 Å². The number of aryl methyl sites for hydroxylation is 1. The van der Waals surface area contributed by atoms with Crippen molar-refractivity contribution < 1.29 is 9.90 Å². The molecule has 0 radical (unpaired) electrons. The molecular weight excluding hydrogens is 220 g/mol. The molecule has 0 aromatic carbocycles. The van der Waals surface area contributed by atoms with E-state index in [4.69, 9.17) is 5.11 Å². The molecule has 6 heteroatoms. The summed E-state index contributed by atoms with van der Waals surface area (Å²) in [5, 5.41) is 15.6. The van der Waals surface area contributed by atoms with Gasteiger partial charge in [0.05, 0.1) is 12.6 Å². The molecular formula is C11H20N4O2. The van der Waals surface area contributed by atoms with Gasteiger partial charge in [0.1, 0.15) is 12.2 Å². The van der Waals surface area contributed by atoms with E-state index in [0.29, 0.717) is 5.92 Å². The van der Waals surface area contributed by atoms with Gasteiger partial charge in [-0.2, -0.15) is 5.10 Å². The van der Waals surface area contributed by atoms with E-state index >= 15 is 0 Å². The van der Waals surface area contributed by atoms with E-state index in [1.54, 1.807) is 11.7 Å². The summed E-state index contributed by atoms with van der Waals surface area (Å²) >= 11 is 0. The lowest BCUT2D eigenvalue weighted by Gasteiger charge is -2.19. The van der Waals surface area contributed by atoms with Gasteiger partial charge >= 0.3 is 0 Å². The Labute approximate surface area is 101 Å². The van der Waals surface area contributed by atoms with E-state index < -0.39 is 0 Å². The molecule has 1 rings (SSSR count). The SMILES string of the molecule is CC(C)C[C@@H](NC(=O)CCO)c1ncnn1C. The quantitative estimate of drug-likeness (QED) is 0.754. The predicted molar refractivity (Wildman–Crippen MR) is 63.0 cm³/mol. The number of amides is 1. The molecule has 1 heterocycles. The first-order valence-electron chi connectivity index (χ1n) is 5.78. The van der Waals surface area contributed by atoms with Crippen LogP contribution in [0.3, 0.4) is 0 Å². The topological polar surface area (TPSA) is 80.0 Å². The molecule has 0 bridgehead atoms. The Morgan fingerprint density at radius 1 is 1.59 bits per heavy atom. The zero-order valence-electron chi connectivity index (χ0n) is 10.6. The molecule has 0 saturated carbocycles. The zero-order valence-corrected chi connectivity index (χ0v) is 10.6. The molecule has 1 amide bonds. The van der Waals surface area contributed by atoms with Crippen LogP contribution in [-0.4, -0.2) is 32.4 Å². The fourth-order valence-electron chi connectivity index (χ4n) is 1.69. The fraction of sp³-hybridized carbons (Fsp3) is 0.727. The van der Waals surface area contributed by atoms with E-state index in [9.17, 15) is 4.79 Å². The van der Waals surface area contributed by atoms with Crippen LogP contribution in [0.25, 0.3) is 0 Å². The summed E-state index contributed by atoms with van der Waals surface area (Å²) in [5.41, 5.74) is 0. The molecule has 17 heavy (non-hydrogen) atoms. The van der Waals surface area contributed by atoms with Crippen LogP contribution < -0.4 is 5.32 Å². The van der Waals surface area contributed by atoms with Crippen LogP contribution in [-0.2, 0) is 11.8 Å². The second kappa shape index (κ2) is 6.34. The molecule has 2 N–H and O–H groups in total. The largest absolute Gasteiger partial charge is 0.396 e. The van der Waals surface area contributed by atoms with Crippen molar-refractivity contribution in [3.05, 3.63) is 12.2 Å². The first-order chi connectivity index (χ1) is 8.04. The second-order valence-electron chi connectivity index (χ2n) is 4.47. The summed E-state index contributed by atoms with van der Waals surface area (Å²) in [6.07, 6.45) is 2.39. The van der Waals surface area contributed by atoms with E-state index in [2.05, 4.69) is 29.2 Å². The summed E-state index contributed by atoms with van der Waals surface area (Å²) in [4.78, 5) is 15.7. The molecule has 1 aromatic heterocycles. The molecule has 0 aliphatic heterocycles. The van der Waals surface area contributed by atoms with Gasteiger partial charge in [-0.05, 0) is 12.3 Å². The van der Waals surface area contributed by atoms with Crippen molar-refractivity contribution in [2.75, 3.05) is 6.61 Å². The third-order valence-corrected chi connectivity index (χ3v) is 2.44. The molecule has 1 aromatic rings. The zero-order chi connectivity index (χ0) is 12.8. The average Bonchev–Trinajstić information content (AvgIpc) is 2.63. The van der Waals surface area contributed by atoms with Gasteiger partial charge in [-0.3, -0.25) is 9.48 Å². The summed E-state index contributed by atoms with van der Waals surface area (Å²) in [7, 11) is 1.80. The number of nitrogens with zero attached hydrogens (tertiary/aromatic N) is 3. The van der Waals surface area contributed by atoms with Gasteiger partial charge in [0.15, 0.2) is 0 Å². The van der Waals surface area contributed by atoms with Gasteiger partial charge in [-0.25, -0.2) is 4.98 Å². The van der Waals surface area contributed by atoms with Crippen molar-refractivity contribution in [1.29, 1.82) is 0 Å². The number of nitrogens with one attached hydrogen (secondary N) is 1. The first-order valence-corrected chi connectivity index (χ1v) is 5.78. The highest BCUT2D eigenvalue weighted by atomic mass is 16.3. The normalized spacial score (nSPS) is 12.8. The smallest absolute Gasteiger partial charge is 0.222 e. The summed E-state index contributed by atoms with van der Waals surface area (Å²) in [5.74, 6) is 1.01. The van der Waals surface area contributed by atoms with E-state index in [0.717, 1.165) is 12.2 Å². The van der Waals surface area contributed by atoms with Crippen molar-refractivity contribution in [3.8, 4) is 0 Å². The lowest BCUT2D eigenvalue weighted by atomic mass is 10.0. The average molecular weight is 240 g/mol. The molecule has 0 unspecified atom stereocenters. The third-order valence-electron chi connectivity index (χ3n) is 2.44. The minimum absolute atomic E-state index is 0.118. The van der Waals surface area contributed by atoms with E-state index in [1.165, 1.54) is 6.33 Å². The van der Waals surface area contributed by atoms with Gasteiger partial charge in [0.2, 0.25) is 5.91 Å². The summed E-state index contributed by atoms with van der Waals surface area (Å²) in [6.45, 7) is 4.03. The Kier molecular flexibility index (Phi) is 5.09. The van der Waals surface area contributed by atoms with E-state index in [1.807, 2.05) is 0 Å². The highest BCUT2D eigenvalue weighted by Crippen LogP contribution is 2.18. The number of hydrogen-bond donors (Lipinski definition) is 2. The number of aliphatic hydroxyl groups excluding tert-OH is 1. The van der Waals surface area contributed by atoms with E-state index in [-0.39, 0.29) is 25.0 Å². The summed E-state index contributed by atoms with van der Waals surface area (Å²) < 4.78 is 1.66. The Morgan fingerprint density at radius 2 is 2.29 bits per heavy atom. The fourth-order valence-corrected chi connectivity index (χ4v) is 1.69. The number of rotatable bonds is 6.